The van der Waals surface area contributed by atoms with Crippen LogP contribution in [0.5, 0.6) is 0 Å². The molecule has 0 atom stereocenters. The Kier molecular flexibility index (Phi) is 5.06. The highest BCUT2D eigenvalue weighted by molar-refractivity contribution is 5.55. The predicted molar refractivity (Wildman–Crippen MR) is 78.4 cm³/mol. The fourth-order valence-electron chi connectivity index (χ4n) is 1.84. The highest BCUT2D eigenvalue weighted by atomic mass is 16.5. The van der Waals surface area contributed by atoms with Gasteiger partial charge in [0.05, 0.1) is 24.1 Å². The molecule has 0 amide bonds. The van der Waals surface area contributed by atoms with Crippen molar-refractivity contribution in [2.45, 2.75) is 33.4 Å². The number of rotatable bonds is 7. The van der Waals surface area contributed by atoms with Gasteiger partial charge in [0.15, 0.2) is 5.82 Å². The van der Waals surface area contributed by atoms with Gasteiger partial charge >= 0.3 is 0 Å². The van der Waals surface area contributed by atoms with Crippen molar-refractivity contribution in [3.63, 3.8) is 0 Å². The molecule has 0 aliphatic heterocycles. The Hall–Kier alpha value is -1.95. The Balaban J connectivity index is 2.32. The first kappa shape index (κ1) is 14.5. The van der Waals surface area contributed by atoms with E-state index in [0.717, 1.165) is 36.6 Å². The summed E-state index contributed by atoms with van der Waals surface area (Å²) in [6.07, 6.45) is 4.79. The third-order valence-electron chi connectivity index (χ3n) is 2.84. The Morgan fingerprint density at radius 2 is 2.15 bits per heavy atom. The van der Waals surface area contributed by atoms with Crippen molar-refractivity contribution >= 4 is 5.82 Å². The second kappa shape index (κ2) is 7.00. The standard InChI is InChI=1S/C14H21N5O/c1-4-6-15-13-7-12(10-20-3)17-14(18-13)11-8-16-19(5-2)9-11/h7-9H,4-6,10H2,1-3H3,(H,15,17,18). The molecule has 20 heavy (non-hydrogen) atoms. The van der Waals surface area contributed by atoms with E-state index in [2.05, 4.69) is 27.3 Å². The quantitative estimate of drug-likeness (QED) is 0.840. The number of hydrogen-bond acceptors (Lipinski definition) is 5. The minimum absolute atomic E-state index is 0.470. The highest BCUT2D eigenvalue weighted by Gasteiger charge is 2.09. The molecule has 6 heteroatoms. The molecule has 0 saturated carbocycles. The molecule has 6 nitrogen and oxygen atoms in total. The number of nitrogens with one attached hydrogen (secondary N) is 1. The highest BCUT2D eigenvalue weighted by Crippen LogP contribution is 2.18. The second-order valence-electron chi connectivity index (χ2n) is 4.51. The van der Waals surface area contributed by atoms with Crippen LogP contribution in [0.3, 0.4) is 0 Å². The van der Waals surface area contributed by atoms with E-state index in [-0.39, 0.29) is 0 Å². The summed E-state index contributed by atoms with van der Waals surface area (Å²) >= 11 is 0. The summed E-state index contributed by atoms with van der Waals surface area (Å²) in [6.45, 7) is 6.36. The first-order valence-electron chi connectivity index (χ1n) is 6.90. The number of aryl methyl sites for hydroxylation is 1. The van der Waals surface area contributed by atoms with E-state index in [0.29, 0.717) is 12.4 Å². The van der Waals surface area contributed by atoms with Crippen LogP contribution >= 0.6 is 0 Å². The average molecular weight is 275 g/mol. The van der Waals surface area contributed by atoms with Crippen LogP contribution < -0.4 is 5.32 Å². The summed E-state index contributed by atoms with van der Waals surface area (Å²) in [7, 11) is 1.66. The number of hydrogen-bond donors (Lipinski definition) is 1. The number of methoxy groups -OCH3 is 1. The molecular formula is C14H21N5O. The van der Waals surface area contributed by atoms with E-state index in [1.165, 1.54) is 0 Å². The minimum Gasteiger partial charge on any atom is -0.378 e. The van der Waals surface area contributed by atoms with Gasteiger partial charge in [-0.1, -0.05) is 6.92 Å². The molecular weight excluding hydrogens is 254 g/mol. The van der Waals surface area contributed by atoms with Crippen LogP contribution in [-0.4, -0.2) is 33.4 Å². The van der Waals surface area contributed by atoms with Crippen molar-refractivity contribution in [2.75, 3.05) is 19.0 Å². The molecule has 2 heterocycles. The van der Waals surface area contributed by atoms with Gasteiger partial charge in [0.25, 0.3) is 0 Å². The summed E-state index contributed by atoms with van der Waals surface area (Å²) in [5.74, 6) is 1.51. The van der Waals surface area contributed by atoms with Crippen molar-refractivity contribution in [3.05, 3.63) is 24.2 Å². The maximum absolute atomic E-state index is 5.17. The molecule has 0 bridgehead atoms. The lowest BCUT2D eigenvalue weighted by atomic mass is 10.3. The van der Waals surface area contributed by atoms with E-state index in [1.54, 1.807) is 13.3 Å². The lowest BCUT2D eigenvalue weighted by Gasteiger charge is -2.08. The molecule has 0 aliphatic rings. The third-order valence-corrected chi connectivity index (χ3v) is 2.84. The molecule has 0 spiro atoms. The Morgan fingerprint density at radius 3 is 2.80 bits per heavy atom. The van der Waals surface area contributed by atoms with Crippen molar-refractivity contribution in [2.24, 2.45) is 0 Å². The first-order chi connectivity index (χ1) is 9.76. The van der Waals surface area contributed by atoms with E-state index < -0.39 is 0 Å². The van der Waals surface area contributed by atoms with E-state index in [4.69, 9.17) is 4.74 Å². The maximum Gasteiger partial charge on any atom is 0.165 e. The van der Waals surface area contributed by atoms with Crippen molar-refractivity contribution in [3.8, 4) is 11.4 Å². The largest absolute Gasteiger partial charge is 0.378 e. The zero-order valence-corrected chi connectivity index (χ0v) is 12.3. The summed E-state index contributed by atoms with van der Waals surface area (Å²) in [6, 6.07) is 1.92. The zero-order chi connectivity index (χ0) is 14.4. The Bertz CT molecular complexity index is 552. The van der Waals surface area contributed by atoms with E-state index in [9.17, 15) is 0 Å². The molecule has 0 aromatic carbocycles. The summed E-state index contributed by atoms with van der Waals surface area (Å²) < 4.78 is 7.03. The van der Waals surface area contributed by atoms with Gasteiger partial charge in [-0.25, -0.2) is 9.97 Å². The molecule has 1 N–H and O–H groups in total. The predicted octanol–water partition coefficient (Wildman–Crippen LogP) is 2.33. The van der Waals surface area contributed by atoms with Crippen LogP contribution in [0.25, 0.3) is 11.4 Å². The van der Waals surface area contributed by atoms with Crippen molar-refractivity contribution in [1.82, 2.24) is 19.7 Å². The van der Waals surface area contributed by atoms with Gasteiger partial charge in [0.2, 0.25) is 0 Å². The fourth-order valence-corrected chi connectivity index (χ4v) is 1.84. The number of anilines is 1. The second-order valence-corrected chi connectivity index (χ2v) is 4.51. The van der Waals surface area contributed by atoms with Crippen LogP contribution in [0, 0.1) is 0 Å². The van der Waals surface area contributed by atoms with Gasteiger partial charge in [0.1, 0.15) is 5.82 Å². The first-order valence-corrected chi connectivity index (χ1v) is 6.90. The molecule has 0 radical (unpaired) electrons. The molecule has 0 unspecified atom stereocenters. The monoisotopic (exact) mass is 275 g/mol. The smallest absolute Gasteiger partial charge is 0.165 e. The Morgan fingerprint density at radius 1 is 1.30 bits per heavy atom. The van der Waals surface area contributed by atoms with Gasteiger partial charge in [0, 0.05) is 32.5 Å². The molecule has 0 fully saturated rings. The summed E-state index contributed by atoms with van der Waals surface area (Å²) in [4.78, 5) is 9.06. The normalized spacial score (nSPS) is 10.8. The summed E-state index contributed by atoms with van der Waals surface area (Å²) in [5, 5.41) is 7.55. The topological polar surface area (TPSA) is 64.9 Å². The van der Waals surface area contributed by atoms with E-state index >= 15 is 0 Å². The molecule has 2 rings (SSSR count). The SMILES string of the molecule is CCCNc1cc(COC)nc(-c2cnn(CC)c2)n1. The number of aromatic nitrogens is 4. The summed E-state index contributed by atoms with van der Waals surface area (Å²) in [5.41, 5.74) is 1.78. The molecule has 0 aliphatic carbocycles. The minimum atomic E-state index is 0.470. The van der Waals surface area contributed by atoms with Gasteiger partial charge in [-0.2, -0.15) is 5.10 Å². The molecule has 0 saturated heterocycles. The van der Waals surface area contributed by atoms with Crippen LogP contribution in [0.2, 0.25) is 0 Å². The molecule has 2 aromatic heterocycles. The number of ether oxygens (including phenoxy) is 1. The fraction of sp³-hybridized carbons (Fsp3) is 0.500. The lowest BCUT2D eigenvalue weighted by molar-refractivity contribution is 0.181. The average Bonchev–Trinajstić information content (AvgIpc) is 2.94. The Labute approximate surface area is 119 Å². The van der Waals surface area contributed by atoms with Gasteiger partial charge in [-0.15, -0.1) is 0 Å². The van der Waals surface area contributed by atoms with Crippen LogP contribution in [0.4, 0.5) is 5.82 Å². The van der Waals surface area contributed by atoms with Crippen LogP contribution in [0.15, 0.2) is 18.5 Å². The lowest BCUT2D eigenvalue weighted by Crippen LogP contribution is -2.06. The van der Waals surface area contributed by atoms with Gasteiger partial charge < -0.3 is 10.1 Å². The number of nitrogens with zero attached hydrogens (tertiary/aromatic N) is 4. The maximum atomic E-state index is 5.17. The zero-order valence-electron chi connectivity index (χ0n) is 12.3. The van der Waals surface area contributed by atoms with Gasteiger partial charge in [-0.05, 0) is 13.3 Å². The van der Waals surface area contributed by atoms with Crippen molar-refractivity contribution in [1.29, 1.82) is 0 Å². The van der Waals surface area contributed by atoms with E-state index in [1.807, 2.05) is 23.9 Å². The van der Waals surface area contributed by atoms with Crippen LogP contribution in [-0.2, 0) is 17.9 Å². The third kappa shape index (κ3) is 3.54. The van der Waals surface area contributed by atoms with Crippen LogP contribution in [0.1, 0.15) is 26.0 Å². The van der Waals surface area contributed by atoms with Crippen molar-refractivity contribution < 1.29 is 4.74 Å². The van der Waals surface area contributed by atoms with Gasteiger partial charge in [-0.3, -0.25) is 4.68 Å². The molecule has 2 aromatic rings. The molecule has 108 valence electrons.